The van der Waals surface area contributed by atoms with E-state index in [1.165, 1.54) is 0 Å². The maximum atomic E-state index is 13.2. The lowest BCUT2D eigenvalue weighted by atomic mass is 9.90. The average Bonchev–Trinajstić information content (AvgIpc) is 3.06. The van der Waals surface area contributed by atoms with Gasteiger partial charge >= 0.3 is 0 Å². The molecule has 1 unspecified atom stereocenters. The van der Waals surface area contributed by atoms with Crippen LogP contribution in [-0.4, -0.2) is 57.3 Å². The van der Waals surface area contributed by atoms with Crippen molar-refractivity contribution >= 4 is 23.4 Å². The fourth-order valence-electron chi connectivity index (χ4n) is 5.21. The summed E-state index contributed by atoms with van der Waals surface area (Å²) in [6.07, 6.45) is 9.02. The van der Waals surface area contributed by atoms with Gasteiger partial charge in [-0.2, -0.15) is 0 Å². The van der Waals surface area contributed by atoms with Gasteiger partial charge in [-0.1, -0.05) is 24.1 Å². The number of benzene rings is 1. The molecule has 1 saturated carbocycles. The Morgan fingerprint density at radius 3 is 2.59 bits per heavy atom. The first kappa shape index (κ1) is 22.2. The van der Waals surface area contributed by atoms with E-state index in [4.69, 9.17) is 6.42 Å². The lowest BCUT2D eigenvalue weighted by molar-refractivity contribution is -0.132. The number of Topliss-reactive ketones (excluding diaryl/α,β-unsaturated/α-hetero) is 2. The molecule has 3 aliphatic rings. The van der Waals surface area contributed by atoms with Crippen LogP contribution in [0.15, 0.2) is 36.5 Å². The van der Waals surface area contributed by atoms with Crippen LogP contribution in [0, 0.1) is 18.3 Å². The molecule has 3 heterocycles. The number of aromatic nitrogens is 1. The van der Waals surface area contributed by atoms with Gasteiger partial charge in [0.2, 0.25) is 0 Å². The Morgan fingerprint density at radius 1 is 1.06 bits per heavy atom. The van der Waals surface area contributed by atoms with Crippen molar-refractivity contribution in [2.45, 2.75) is 44.7 Å². The molecule has 0 bridgehead atoms. The highest BCUT2D eigenvalue weighted by molar-refractivity contribution is 6.24. The van der Waals surface area contributed by atoms with Crippen LogP contribution in [0.3, 0.4) is 0 Å². The van der Waals surface area contributed by atoms with Gasteiger partial charge in [-0.3, -0.25) is 29.0 Å². The number of amides is 2. The molecule has 0 radical (unpaired) electrons. The maximum absolute atomic E-state index is 13.2. The molecule has 1 aromatic carbocycles. The average molecular weight is 456 g/mol. The van der Waals surface area contributed by atoms with Crippen molar-refractivity contribution in [2.75, 3.05) is 13.1 Å². The van der Waals surface area contributed by atoms with Gasteiger partial charge < -0.3 is 0 Å². The van der Waals surface area contributed by atoms with E-state index in [2.05, 4.69) is 15.8 Å². The molecule has 7 heteroatoms. The quantitative estimate of drug-likeness (QED) is 0.378. The van der Waals surface area contributed by atoms with E-state index in [0.29, 0.717) is 29.2 Å². The fourth-order valence-corrected chi connectivity index (χ4v) is 5.21. The summed E-state index contributed by atoms with van der Waals surface area (Å²) in [6.45, 7) is 2.76. The Morgan fingerprint density at radius 2 is 1.88 bits per heavy atom. The van der Waals surface area contributed by atoms with Crippen molar-refractivity contribution in [3.8, 4) is 12.3 Å². The van der Waals surface area contributed by atoms with Crippen molar-refractivity contribution in [3.63, 3.8) is 0 Å². The number of imide groups is 1. The van der Waals surface area contributed by atoms with Crippen LogP contribution >= 0.6 is 0 Å². The minimum atomic E-state index is -0.831. The molecule has 2 amide bonds. The van der Waals surface area contributed by atoms with Gasteiger partial charge in [-0.05, 0) is 48.4 Å². The number of carbonyl (C=O) groups is 4. The monoisotopic (exact) mass is 455 g/mol. The Kier molecular flexibility index (Phi) is 5.84. The molecule has 1 aromatic heterocycles. The third kappa shape index (κ3) is 4.06. The second-order valence-corrected chi connectivity index (χ2v) is 9.35. The summed E-state index contributed by atoms with van der Waals surface area (Å²) < 4.78 is 0. The molecule has 0 N–H and O–H groups in total. The Labute approximate surface area is 198 Å². The molecule has 172 valence electrons. The molecule has 1 atom stereocenters. The number of hydrogen-bond donors (Lipinski definition) is 0. The van der Waals surface area contributed by atoms with Crippen LogP contribution in [-0.2, 0) is 22.6 Å². The summed E-state index contributed by atoms with van der Waals surface area (Å²) in [5, 5.41) is 0. The predicted molar refractivity (Wildman–Crippen MR) is 124 cm³/mol. The van der Waals surface area contributed by atoms with Crippen LogP contribution in [0.1, 0.15) is 63.2 Å². The lowest BCUT2D eigenvalue weighted by Gasteiger charge is -2.39. The van der Waals surface area contributed by atoms with Crippen molar-refractivity contribution < 1.29 is 19.2 Å². The smallest absolute Gasteiger partial charge is 0.262 e. The molecular formula is C27H25N3O4. The predicted octanol–water partition coefficient (Wildman–Crippen LogP) is 2.41. The van der Waals surface area contributed by atoms with E-state index in [1.54, 1.807) is 12.1 Å². The third-order valence-electron chi connectivity index (χ3n) is 7.02. The second-order valence-electron chi connectivity index (χ2n) is 9.35. The Hall–Kier alpha value is -3.63. The summed E-state index contributed by atoms with van der Waals surface area (Å²) >= 11 is 0. The molecule has 7 nitrogen and oxygen atoms in total. The standard InChI is InChI=1S/C27H25N3O4/c1-2-20-9-7-17(13-28-20)14-29-15-18(16-29)6-8-19-4-3-5-22-25(19)27(34)30(26(22)33)23-11-10-21(31)12-24(23)32/h1,3-5,7,9,13,18,23H,6,8,10-12,14-16H2. The maximum Gasteiger partial charge on any atom is 0.262 e. The molecule has 2 fully saturated rings. The molecule has 0 spiro atoms. The molecule has 2 aromatic rings. The van der Waals surface area contributed by atoms with Crippen molar-refractivity contribution in [3.05, 3.63) is 64.5 Å². The van der Waals surface area contributed by atoms with Crippen molar-refractivity contribution in [2.24, 2.45) is 5.92 Å². The highest BCUT2D eigenvalue weighted by Crippen LogP contribution is 2.32. The molecule has 34 heavy (non-hydrogen) atoms. The fraction of sp³-hybridized carbons (Fsp3) is 0.370. The van der Waals surface area contributed by atoms with E-state index in [9.17, 15) is 19.2 Å². The number of fused-ring (bicyclic) bond motifs is 1. The van der Waals surface area contributed by atoms with Crippen LogP contribution < -0.4 is 0 Å². The molecule has 1 aliphatic carbocycles. The number of pyridine rings is 1. The number of aryl methyl sites for hydroxylation is 1. The molecule has 5 rings (SSSR count). The Balaban J connectivity index is 1.20. The number of carbonyl (C=O) groups excluding carboxylic acids is 4. The zero-order valence-corrected chi connectivity index (χ0v) is 18.8. The van der Waals surface area contributed by atoms with E-state index < -0.39 is 17.9 Å². The van der Waals surface area contributed by atoms with E-state index >= 15 is 0 Å². The molecular weight excluding hydrogens is 430 g/mol. The summed E-state index contributed by atoms with van der Waals surface area (Å²) in [5.41, 5.74) is 3.40. The van der Waals surface area contributed by atoms with Crippen molar-refractivity contribution in [1.29, 1.82) is 0 Å². The largest absolute Gasteiger partial charge is 0.299 e. The zero-order chi connectivity index (χ0) is 23.8. The molecule has 2 aliphatic heterocycles. The normalized spacial score (nSPS) is 20.9. The topological polar surface area (TPSA) is 87.7 Å². The summed E-state index contributed by atoms with van der Waals surface area (Å²) in [7, 11) is 0. The summed E-state index contributed by atoms with van der Waals surface area (Å²) in [6, 6.07) is 8.38. The minimum absolute atomic E-state index is 0.131. The van der Waals surface area contributed by atoms with Gasteiger partial charge in [-0.15, -0.1) is 6.42 Å². The van der Waals surface area contributed by atoms with E-state index in [1.807, 2.05) is 24.4 Å². The highest BCUT2D eigenvalue weighted by Gasteiger charge is 2.45. The third-order valence-corrected chi connectivity index (χ3v) is 7.02. The van der Waals surface area contributed by atoms with Gasteiger partial charge in [-0.25, -0.2) is 4.98 Å². The van der Waals surface area contributed by atoms with E-state index in [-0.39, 0.29) is 30.8 Å². The number of rotatable bonds is 6. The summed E-state index contributed by atoms with van der Waals surface area (Å²) in [4.78, 5) is 57.9. The van der Waals surface area contributed by atoms with Gasteiger partial charge in [0.15, 0.2) is 5.78 Å². The summed E-state index contributed by atoms with van der Waals surface area (Å²) in [5.74, 6) is 1.74. The lowest BCUT2D eigenvalue weighted by Crippen LogP contribution is -2.47. The second kappa shape index (κ2) is 8.96. The number of likely N-dealkylation sites (tertiary alicyclic amines) is 1. The van der Waals surface area contributed by atoms with Gasteiger partial charge in [0, 0.05) is 32.3 Å². The van der Waals surface area contributed by atoms with E-state index in [0.717, 1.165) is 42.1 Å². The first-order chi connectivity index (χ1) is 16.4. The van der Waals surface area contributed by atoms with Gasteiger partial charge in [0.05, 0.1) is 23.6 Å². The van der Waals surface area contributed by atoms with Crippen LogP contribution in [0.5, 0.6) is 0 Å². The van der Waals surface area contributed by atoms with Gasteiger partial charge in [0.25, 0.3) is 11.8 Å². The first-order valence-electron chi connectivity index (χ1n) is 11.6. The molecule has 1 saturated heterocycles. The number of terminal acetylenes is 1. The van der Waals surface area contributed by atoms with Gasteiger partial charge in [0.1, 0.15) is 11.5 Å². The Bertz CT molecular complexity index is 1220. The SMILES string of the molecule is C#Cc1ccc(CN2CC(CCc3cccc4c3C(=O)N(C3CCC(=O)CC3=O)C4=O)C2)cn1. The number of ketones is 2. The number of hydrogen-bond acceptors (Lipinski definition) is 6. The number of nitrogens with zero attached hydrogens (tertiary/aromatic N) is 3. The van der Waals surface area contributed by atoms with Crippen molar-refractivity contribution in [1.82, 2.24) is 14.8 Å². The first-order valence-corrected chi connectivity index (χ1v) is 11.6. The van der Waals surface area contributed by atoms with Crippen LogP contribution in [0.25, 0.3) is 0 Å². The van der Waals surface area contributed by atoms with Crippen LogP contribution in [0.4, 0.5) is 0 Å². The minimum Gasteiger partial charge on any atom is -0.299 e. The highest BCUT2D eigenvalue weighted by atomic mass is 16.2. The van der Waals surface area contributed by atoms with Crippen LogP contribution in [0.2, 0.25) is 0 Å². The zero-order valence-electron chi connectivity index (χ0n) is 18.8.